The Kier molecular flexibility index (Phi) is 21.7. The van der Waals surface area contributed by atoms with Gasteiger partial charge in [0.2, 0.25) is 35.1 Å². The van der Waals surface area contributed by atoms with E-state index in [9.17, 15) is 47.7 Å². The first-order chi connectivity index (χ1) is 37.6. The molecule has 20 nitrogen and oxygen atoms in total. The Balaban J connectivity index is 1.07. The van der Waals surface area contributed by atoms with Crippen LogP contribution in [0.3, 0.4) is 0 Å². The predicted molar refractivity (Wildman–Crippen MR) is 294 cm³/mol. The lowest BCUT2D eigenvalue weighted by molar-refractivity contribution is -0.190. The summed E-state index contributed by atoms with van der Waals surface area (Å²) < 4.78 is 56.0. The summed E-state index contributed by atoms with van der Waals surface area (Å²) in [6.07, 6.45) is 1.71. The second kappa shape index (κ2) is 27.9. The number of carbonyl (C=O) groups excluding carboxylic acids is 7. The minimum Gasteiger partial charge on any atom is -0.508 e. The van der Waals surface area contributed by atoms with E-state index in [1.165, 1.54) is 35.6 Å². The number of amides is 5. The molecule has 0 aliphatic carbocycles. The van der Waals surface area contributed by atoms with Crippen molar-refractivity contribution in [1.29, 1.82) is 0 Å². The molecule has 0 radical (unpaired) electrons. The fraction of sp³-hybridized carbons (Fsp3) is 0.509. The molecule has 0 spiro atoms. The number of unbranched alkanes of at least 4 members (excludes halogenated alkanes) is 2. The van der Waals surface area contributed by atoms with Crippen LogP contribution in [-0.4, -0.2) is 122 Å². The van der Waals surface area contributed by atoms with E-state index in [4.69, 9.17) is 20.2 Å². The number of rotatable bonds is 29. The monoisotopic (exact) mass is 1140 g/mol. The zero-order chi connectivity index (χ0) is 57.6. The molecule has 428 valence electrons. The molecule has 0 saturated carbocycles. The molecule has 4 aromatic rings. The standard InChI is InChI=1S/C55H70F2N8O12S2/c1-6-35-36-23-34(66)17-18-40(36)63-48-37(35)26-65-44(48)24-39-38(52(65)73)27-76-53(74)55(39,7-2)77-47(69)19-20-54(56,57)31-60-49(70)41(22-32(3)4)61-46(68)25-59-50(71)42(29-78-28-33-14-10-8-11-15-33)64-51(72)43(30-79(5)75)62-45(67)16-12-9-13-21-58/h8,10-11,14-15,17-18,23-24,32,41-43,66H,6-7,9,12-13,16,19-22,25-31,58H2,1-5H3,(H,59,71)(H,60,70)(H,61,68)(H,62,67)(H,64,72)/t41-,42-,43-,55-,79?/m0/s1. The first kappa shape index (κ1) is 61.4. The average Bonchev–Trinajstić information content (AvgIpc) is 3.93. The summed E-state index contributed by atoms with van der Waals surface area (Å²) in [7, 11) is -1.52. The molecule has 0 fully saturated rings. The van der Waals surface area contributed by atoms with Gasteiger partial charge >= 0.3 is 11.9 Å². The molecule has 6 rings (SSSR count). The second-order valence-electron chi connectivity index (χ2n) is 20.1. The van der Waals surface area contributed by atoms with E-state index in [2.05, 4.69) is 26.6 Å². The predicted octanol–water partition coefficient (Wildman–Crippen LogP) is 3.88. The van der Waals surface area contributed by atoms with Crippen LogP contribution >= 0.6 is 11.8 Å². The Bertz CT molecular complexity index is 3000. The third-order valence-corrected chi connectivity index (χ3v) is 15.5. The smallest absolute Gasteiger partial charge is 0.355 e. The van der Waals surface area contributed by atoms with Gasteiger partial charge in [0.25, 0.3) is 11.5 Å². The van der Waals surface area contributed by atoms with Crippen LogP contribution in [0.25, 0.3) is 22.3 Å². The van der Waals surface area contributed by atoms with Gasteiger partial charge in [-0.2, -0.15) is 11.8 Å². The van der Waals surface area contributed by atoms with Crippen molar-refractivity contribution in [3.8, 4) is 17.1 Å². The number of aromatic hydroxyl groups is 1. The summed E-state index contributed by atoms with van der Waals surface area (Å²) in [5, 5.41) is 23.3. The number of carbonyl (C=O) groups is 7. The lowest BCUT2D eigenvalue weighted by atomic mass is 9.85. The maximum atomic E-state index is 15.6. The lowest BCUT2D eigenvalue weighted by Crippen LogP contribution is -2.57. The molecule has 1 unspecified atom stereocenters. The number of nitrogens with two attached hydrogens (primary N) is 1. The van der Waals surface area contributed by atoms with Crippen LogP contribution in [0.2, 0.25) is 0 Å². The molecular weight excluding hydrogens is 1070 g/mol. The third kappa shape index (κ3) is 16.0. The van der Waals surface area contributed by atoms with Gasteiger partial charge in [0.15, 0.2) is 0 Å². The van der Waals surface area contributed by atoms with Crippen LogP contribution in [0, 0.1) is 5.92 Å². The van der Waals surface area contributed by atoms with Crippen LogP contribution in [0.15, 0.2) is 59.4 Å². The summed E-state index contributed by atoms with van der Waals surface area (Å²) >= 11 is 1.31. The zero-order valence-corrected chi connectivity index (χ0v) is 46.6. The molecule has 5 amide bonds. The summed E-state index contributed by atoms with van der Waals surface area (Å²) in [6.45, 7) is 5.19. The number of halogens is 2. The molecule has 24 heteroatoms. The van der Waals surface area contributed by atoms with E-state index in [0.29, 0.717) is 53.9 Å². The number of phenols is 1. The number of aromatic nitrogens is 2. The third-order valence-electron chi connectivity index (χ3n) is 13.6. The van der Waals surface area contributed by atoms with Gasteiger partial charge in [-0.3, -0.25) is 37.8 Å². The topological polar surface area (TPSA) is 296 Å². The molecule has 5 atom stereocenters. The second-order valence-corrected chi connectivity index (χ2v) is 22.6. The van der Waals surface area contributed by atoms with Crippen molar-refractivity contribution < 1.29 is 61.1 Å². The molecule has 79 heavy (non-hydrogen) atoms. The number of phenolic OH excluding ortho intramolecular Hbond substituents is 1. The molecule has 8 N–H and O–H groups in total. The van der Waals surface area contributed by atoms with Crippen molar-refractivity contribution in [2.75, 3.05) is 37.4 Å². The highest BCUT2D eigenvalue weighted by molar-refractivity contribution is 7.98. The van der Waals surface area contributed by atoms with Crippen LogP contribution in [0.4, 0.5) is 8.78 Å². The fourth-order valence-corrected chi connectivity index (χ4v) is 11.2. The number of ether oxygens (including phenoxy) is 2. The summed E-state index contributed by atoms with van der Waals surface area (Å²) in [4.78, 5) is 113. The van der Waals surface area contributed by atoms with Crippen molar-refractivity contribution in [2.24, 2.45) is 11.7 Å². The number of nitrogens with zero attached hydrogens (tertiary/aromatic N) is 2. The molecule has 4 heterocycles. The molecule has 2 aromatic carbocycles. The van der Waals surface area contributed by atoms with Crippen molar-refractivity contribution in [1.82, 2.24) is 36.1 Å². The number of esters is 2. The Morgan fingerprint density at radius 2 is 1.63 bits per heavy atom. The number of pyridine rings is 2. The van der Waals surface area contributed by atoms with Crippen LogP contribution in [0.5, 0.6) is 5.75 Å². The molecular formula is C55H70F2N8O12S2. The number of aryl methyl sites for hydroxylation is 1. The SMILES string of the molecule is CCc1c2c(nc3ccc(O)cc13)-c1cc3c(c(=O)n1C2)COC(=O)[C@@]3(CC)OC(=O)CCC(F)(F)CNC(=O)[C@H](CC(C)C)NC(=O)CNC(=O)[C@H](CSCc1ccccc1)NC(=O)[C@H](CS(C)=O)NC(=O)CCCCCN. The Morgan fingerprint density at radius 1 is 0.911 bits per heavy atom. The van der Waals surface area contributed by atoms with Gasteiger partial charge in [-0.25, -0.2) is 18.6 Å². The Hall–Kier alpha value is -6.79. The van der Waals surface area contributed by atoms with Crippen molar-refractivity contribution in [2.45, 2.75) is 134 Å². The van der Waals surface area contributed by atoms with E-state index in [0.717, 1.165) is 23.1 Å². The van der Waals surface area contributed by atoms with Crippen molar-refractivity contribution in [3.63, 3.8) is 0 Å². The Morgan fingerprint density at radius 3 is 2.32 bits per heavy atom. The first-order valence-electron chi connectivity index (χ1n) is 26.3. The first-order valence-corrected chi connectivity index (χ1v) is 29.2. The highest BCUT2D eigenvalue weighted by atomic mass is 32.2. The summed E-state index contributed by atoms with van der Waals surface area (Å²) in [5.74, 6) is -9.64. The highest BCUT2D eigenvalue weighted by Gasteiger charge is 2.51. The van der Waals surface area contributed by atoms with Crippen molar-refractivity contribution >= 4 is 74.9 Å². The number of hydrogen-bond donors (Lipinski definition) is 7. The largest absolute Gasteiger partial charge is 0.508 e. The van der Waals surface area contributed by atoms with Gasteiger partial charge in [0.1, 0.15) is 30.5 Å². The van der Waals surface area contributed by atoms with E-state index in [-0.39, 0.29) is 60.1 Å². The highest BCUT2D eigenvalue weighted by Crippen LogP contribution is 2.43. The van der Waals surface area contributed by atoms with Crippen LogP contribution in [0.1, 0.15) is 107 Å². The fourth-order valence-electron chi connectivity index (χ4n) is 9.52. The van der Waals surface area contributed by atoms with Gasteiger partial charge in [0.05, 0.1) is 54.3 Å². The number of hydrogen-bond acceptors (Lipinski definition) is 15. The van der Waals surface area contributed by atoms with Gasteiger partial charge in [-0.05, 0) is 80.0 Å². The van der Waals surface area contributed by atoms with Crippen molar-refractivity contribution in [3.05, 3.63) is 92.8 Å². The van der Waals surface area contributed by atoms with Gasteiger partial charge < -0.3 is 51.5 Å². The number of benzene rings is 2. The molecule has 2 aliphatic rings. The van der Waals surface area contributed by atoms with Gasteiger partial charge in [-0.15, -0.1) is 0 Å². The minimum atomic E-state index is -3.71. The number of fused-ring (bicyclic) bond motifs is 5. The van der Waals surface area contributed by atoms with E-state index >= 15 is 8.78 Å². The van der Waals surface area contributed by atoms with E-state index < -0.39 is 120 Å². The maximum absolute atomic E-state index is 15.6. The maximum Gasteiger partial charge on any atom is 0.355 e. The number of cyclic esters (lactones) is 1. The van der Waals surface area contributed by atoms with Gasteiger partial charge in [-0.1, -0.05) is 64.4 Å². The molecule has 2 aliphatic heterocycles. The van der Waals surface area contributed by atoms with E-state index in [1.54, 1.807) is 32.0 Å². The molecule has 0 bridgehead atoms. The quantitative estimate of drug-likeness (QED) is 0.0264. The lowest BCUT2D eigenvalue weighted by Gasteiger charge is -2.35. The summed E-state index contributed by atoms with van der Waals surface area (Å²) in [5.41, 5.74) is 6.91. The number of alkyl halides is 2. The molecule has 2 aromatic heterocycles. The number of thioether (sulfide) groups is 1. The molecule has 0 saturated heterocycles. The average molecular weight is 1140 g/mol. The van der Waals surface area contributed by atoms with E-state index in [1.807, 2.05) is 37.3 Å². The van der Waals surface area contributed by atoms with Gasteiger partial charge in [0, 0.05) is 57.9 Å². The zero-order valence-electron chi connectivity index (χ0n) is 45.0. The minimum absolute atomic E-state index is 0.00315. The van der Waals surface area contributed by atoms with Crippen LogP contribution in [-0.2, 0) is 84.8 Å². The summed E-state index contributed by atoms with van der Waals surface area (Å²) in [6, 6.07) is 11.8. The van der Waals surface area contributed by atoms with Crippen LogP contribution < -0.4 is 37.9 Å². The number of nitrogens with one attached hydrogen (secondary N) is 5. The Labute approximate surface area is 463 Å². The normalized spacial score (nSPS) is 16.1.